The average Bonchev–Trinajstić information content (AvgIpc) is 2.68. The van der Waals surface area contributed by atoms with Crippen LogP contribution < -0.4 is 15.9 Å². The summed E-state index contributed by atoms with van der Waals surface area (Å²) in [5.41, 5.74) is -4.00. The molecule has 2 rings (SSSR count). The highest BCUT2D eigenvalue weighted by Gasteiger charge is 2.37. The number of amides is 2. The van der Waals surface area contributed by atoms with Crippen LogP contribution >= 0.6 is 23.5 Å². The minimum absolute atomic E-state index is 0.000118. The van der Waals surface area contributed by atoms with Gasteiger partial charge >= 0.3 is 26.0 Å². The van der Waals surface area contributed by atoms with Crippen LogP contribution in [0.25, 0.3) is 0 Å². The van der Waals surface area contributed by atoms with Gasteiger partial charge in [0.25, 0.3) is 0 Å². The zero-order valence-electron chi connectivity index (χ0n) is 17.1. The van der Waals surface area contributed by atoms with Crippen molar-refractivity contribution in [1.82, 2.24) is 0 Å². The molecule has 0 aliphatic carbocycles. The predicted octanol–water partition coefficient (Wildman–Crippen LogP) is 7.02. The lowest BCUT2D eigenvalue weighted by Gasteiger charge is -2.21. The Morgan fingerprint density at radius 3 is 1.88 bits per heavy atom. The highest BCUT2D eigenvalue weighted by atomic mass is 79.9. The topological polar surface area (TPSA) is 76.7 Å². The molecule has 0 bridgehead atoms. The zero-order chi connectivity index (χ0) is 25.0. The van der Waals surface area contributed by atoms with Crippen molar-refractivity contribution >= 4 is 46.2 Å². The molecule has 0 spiro atoms. The van der Waals surface area contributed by atoms with Gasteiger partial charge in [-0.2, -0.15) is 26.3 Å². The Bertz CT molecular complexity index is 1020. The lowest BCUT2D eigenvalue weighted by molar-refractivity contribution is -0.143. The third-order valence-electron chi connectivity index (χ3n) is 3.95. The van der Waals surface area contributed by atoms with Gasteiger partial charge in [-0.15, -0.1) is 0 Å². The molecular formula is C19H18BrF6N2O4P. The summed E-state index contributed by atoms with van der Waals surface area (Å²) >= 11 is 3.19. The van der Waals surface area contributed by atoms with Crippen LogP contribution in [0.2, 0.25) is 0 Å². The molecular weight excluding hydrogens is 545 g/mol. The minimum atomic E-state index is -5.07. The summed E-state index contributed by atoms with van der Waals surface area (Å²) in [6.45, 7) is 3.13. The molecule has 0 unspecified atom stereocenters. The lowest BCUT2D eigenvalue weighted by Crippen LogP contribution is -2.25. The molecule has 0 radical (unpaired) electrons. The molecule has 0 heterocycles. The van der Waals surface area contributed by atoms with Crippen molar-refractivity contribution in [2.75, 3.05) is 23.8 Å². The summed E-state index contributed by atoms with van der Waals surface area (Å²) in [4.78, 5) is 12.4. The molecule has 2 N–H and O–H groups in total. The number of urea groups is 1. The van der Waals surface area contributed by atoms with Gasteiger partial charge in [0.05, 0.1) is 35.3 Å². The van der Waals surface area contributed by atoms with Gasteiger partial charge in [-0.3, -0.25) is 4.57 Å². The fraction of sp³-hybridized carbons (Fsp3) is 0.316. The van der Waals surface area contributed by atoms with Crippen LogP contribution in [-0.4, -0.2) is 19.2 Å². The maximum Gasteiger partial charge on any atom is 0.416 e. The van der Waals surface area contributed by atoms with E-state index in [1.807, 2.05) is 5.32 Å². The van der Waals surface area contributed by atoms with E-state index in [0.717, 1.165) is 0 Å². The second-order valence-electron chi connectivity index (χ2n) is 6.37. The van der Waals surface area contributed by atoms with Gasteiger partial charge in [0.15, 0.2) is 0 Å². The molecule has 2 amide bonds. The van der Waals surface area contributed by atoms with E-state index in [-0.39, 0.29) is 30.3 Å². The van der Waals surface area contributed by atoms with E-state index < -0.39 is 42.8 Å². The first-order chi connectivity index (χ1) is 15.2. The van der Waals surface area contributed by atoms with Crippen molar-refractivity contribution in [1.29, 1.82) is 0 Å². The summed E-state index contributed by atoms with van der Waals surface area (Å²) in [5, 5.41) is 4.14. The van der Waals surface area contributed by atoms with Crippen LogP contribution in [0, 0.1) is 0 Å². The summed E-state index contributed by atoms with van der Waals surface area (Å²) in [6, 6.07) is 3.63. The van der Waals surface area contributed by atoms with Crippen molar-refractivity contribution in [3.63, 3.8) is 0 Å². The molecule has 0 aliphatic rings. The van der Waals surface area contributed by atoms with Crippen molar-refractivity contribution in [2.45, 2.75) is 26.2 Å². The summed E-state index contributed by atoms with van der Waals surface area (Å²) in [5.74, 6) is 0. The normalized spacial score (nSPS) is 12.5. The molecule has 33 heavy (non-hydrogen) atoms. The third-order valence-corrected chi connectivity index (χ3v) is 6.60. The number of hydrogen-bond acceptors (Lipinski definition) is 4. The Balaban J connectivity index is 2.40. The number of carbonyl (C=O) groups excluding carboxylic acids is 1. The van der Waals surface area contributed by atoms with Crippen molar-refractivity contribution in [2.24, 2.45) is 0 Å². The van der Waals surface area contributed by atoms with E-state index in [1.165, 1.54) is 18.2 Å². The van der Waals surface area contributed by atoms with Crippen molar-refractivity contribution in [3.8, 4) is 0 Å². The highest BCUT2D eigenvalue weighted by Crippen LogP contribution is 2.49. The Hall–Kier alpha value is -2.08. The summed E-state index contributed by atoms with van der Waals surface area (Å²) < 4.78 is 102. The Kier molecular flexibility index (Phi) is 8.61. The van der Waals surface area contributed by atoms with Crippen LogP contribution in [0.15, 0.2) is 40.9 Å². The molecule has 0 aliphatic heterocycles. The van der Waals surface area contributed by atoms with Gasteiger partial charge in [-0.05, 0) is 50.2 Å². The van der Waals surface area contributed by atoms with E-state index >= 15 is 0 Å². The lowest BCUT2D eigenvalue weighted by atomic mass is 10.1. The van der Waals surface area contributed by atoms with Gasteiger partial charge in [0.2, 0.25) is 0 Å². The predicted molar refractivity (Wildman–Crippen MR) is 114 cm³/mol. The summed E-state index contributed by atoms with van der Waals surface area (Å²) in [6.07, 6.45) is -10.1. The maximum absolute atomic E-state index is 13.2. The SMILES string of the molecule is CCOP(=O)(OCC)c1cc(Br)ccc1NC(=O)Nc1cc(C(F)(F)F)cc(C(F)(F)F)c1. The number of alkyl halides is 6. The quantitative estimate of drug-likeness (QED) is 0.281. The standard InChI is InChI=1S/C19H18BrF6N2O4P/c1-3-31-33(30,32-4-2)16-10-13(20)5-6-15(16)28-17(29)27-14-8-11(18(21,22)23)7-12(9-14)19(24,25)26/h5-10H,3-4H2,1-2H3,(H2,27,28,29). The first-order valence-electron chi connectivity index (χ1n) is 9.26. The smallest absolute Gasteiger partial charge is 0.308 e. The van der Waals surface area contributed by atoms with E-state index in [2.05, 4.69) is 21.2 Å². The zero-order valence-corrected chi connectivity index (χ0v) is 19.6. The molecule has 6 nitrogen and oxygen atoms in total. The molecule has 2 aromatic rings. The Labute approximate surface area is 193 Å². The van der Waals surface area contributed by atoms with Crippen LogP contribution in [0.5, 0.6) is 0 Å². The molecule has 182 valence electrons. The molecule has 14 heteroatoms. The van der Waals surface area contributed by atoms with Gasteiger partial charge in [0.1, 0.15) is 0 Å². The number of anilines is 2. The van der Waals surface area contributed by atoms with Gasteiger partial charge in [-0.1, -0.05) is 15.9 Å². The van der Waals surface area contributed by atoms with Crippen LogP contribution in [-0.2, 0) is 26.0 Å². The van der Waals surface area contributed by atoms with E-state index in [9.17, 15) is 35.7 Å². The molecule has 0 fully saturated rings. The Morgan fingerprint density at radius 2 is 1.42 bits per heavy atom. The third kappa shape index (κ3) is 7.20. The minimum Gasteiger partial charge on any atom is -0.308 e. The van der Waals surface area contributed by atoms with Gasteiger partial charge in [-0.25, -0.2) is 4.79 Å². The largest absolute Gasteiger partial charge is 0.416 e. The number of hydrogen-bond donors (Lipinski definition) is 2. The first-order valence-corrected chi connectivity index (χ1v) is 11.6. The monoisotopic (exact) mass is 562 g/mol. The average molecular weight is 563 g/mol. The molecule has 0 saturated heterocycles. The fourth-order valence-electron chi connectivity index (χ4n) is 2.67. The molecule has 2 aromatic carbocycles. The van der Waals surface area contributed by atoms with Crippen molar-refractivity contribution in [3.05, 3.63) is 52.0 Å². The number of halogens is 7. The van der Waals surface area contributed by atoms with Crippen LogP contribution in [0.4, 0.5) is 42.5 Å². The fourth-order valence-corrected chi connectivity index (χ4v) is 4.96. The number of rotatable bonds is 7. The van der Waals surface area contributed by atoms with Gasteiger partial charge in [0, 0.05) is 10.2 Å². The number of benzene rings is 2. The number of carbonyl (C=O) groups is 1. The van der Waals surface area contributed by atoms with E-state index in [1.54, 1.807) is 13.8 Å². The second kappa shape index (κ2) is 10.5. The maximum atomic E-state index is 13.2. The van der Waals surface area contributed by atoms with Crippen LogP contribution in [0.3, 0.4) is 0 Å². The van der Waals surface area contributed by atoms with Gasteiger partial charge < -0.3 is 19.7 Å². The second-order valence-corrected chi connectivity index (χ2v) is 9.28. The molecule has 0 atom stereocenters. The molecule has 0 saturated carbocycles. The first kappa shape index (κ1) is 27.2. The number of nitrogens with one attached hydrogen (secondary N) is 2. The van der Waals surface area contributed by atoms with Crippen molar-refractivity contribution < 1.29 is 44.7 Å². The summed E-state index contributed by atoms with van der Waals surface area (Å²) in [7, 11) is -3.90. The highest BCUT2D eigenvalue weighted by molar-refractivity contribution is 9.10. The van der Waals surface area contributed by atoms with E-state index in [4.69, 9.17) is 9.05 Å². The Morgan fingerprint density at radius 1 is 0.909 bits per heavy atom. The van der Waals surface area contributed by atoms with Crippen LogP contribution in [0.1, 0.15) is 25.0 Å². The molecule has 0 aromatic heterocycles. The van der Waals surface area contributed by atoms with E-state index in [0.29, 0.717) is 16.6 Å².